The van der Waals surface area contributed by atoms with Crippen molar-refractivity contribution in [1.29, 1.82) is 0 Å². The smallest absolute Gasteiger partial charge is 0.353 e. The number of nitrogens with two attached hydrogens (primary N) is 1. The van der Waals surface area contributed by atoms with E-state index in [9.17, 15) is 14.9 Å². The Balaban J connectivity index is 1.99. The number of primary amides is 1. The van der Waals surface area contributed by atoms with E-state index < -0.39 is 10.3 Å². The SMILES string of the molecule is CSc1nc(Nc2ccc(Cl)cc2)c([N+](=O)[O-])c(N2CCC(C)(C(N)=O)CC2)n1. The molecule has 154 valence electrons. The lowest BCUT2D eigenvalue weighted by molar-refractivity contribution is -0.383. The van der Waals surface area contributed by atoms with E-state index in [-0.39, 0.29) is 23.2 Å². The topological polar surface area (TPSA) is 127 Å². The van der Waals surface area contributed by atoms with Gasteiger partial charge in [-0.15, -0.1) is 0 Å². The number of hydrogen-bond acceptors (Lipinski definition) is 8. The van der Waals surface area contributed by atoms with Gasteiger partial charge < -0.3 is 16.0 Å². The molecule has 0 radical (unpaired) electrons. The zero-order valence-electron chi connectivity index (χ0n) is 16.0. The number of aromatic nitrogens is 2. The highest BCUT2D eigenvalue weighted by Gasteiger charge is 2.38. The normalized spacial score (nSPS) is 15.8. The minimum atomic E-state index is -0.620. The van der Waals surface area contributed by atoms with E-state index >= 15 is 0 Å². The molecular weight excluding hydrogens is 416 g/mol. The van der Waals surface area contributed by atoms with Crippen molar-refractivity contribution in [2.45, 2.75) is 24.9 Å². The third-order valence-electron chi connectivity index (χ3n) is 5.08. The summed E-state index contributed by atoms with van der Waals surface area (Å²) in [6.07, 6.45) is 2.80. The third-order valence-corrected chi connectivity index (χ3v) is 5.88. The predicted molar refractivity (Wildman–Crippen MR) is 114 cm³/mol. The minimum absolute atomic E-state index is 0.106. The maximum Gasteiger partial charge on any atom is 0.353 e. The van der Waals surface area contributed by atoms with Gasteiger partial charge in [-0.2, -0.15) is 9.97 Å². The maximum atomic E-state index is 11.9. The molecule has 0 spiro atoms. The highest BCUT2D eigenvalue weighted by Crippen LogP contribution is 2.39. The molecule has 9 nitrogen and oxygen atoms in total. The van der Waals surface area contributed by atoms with Crippen LogP contribution in [0.2, 0.25) is 5.02 Å². The van der Waals surface area contributed by atoms with Gasteiger partial charge >= 0.3 is 5.69 Å². The molecule has 1 aliphatic rings. The van der Waals surface area contributed by atoms with Gasteiger partial charge in [0.2, 0.25) is 17.5 Å². The number of amides is 1. The zero-order valence-corrected chi connectivity index (χ0v) is 17.6. The summed E-state index contributed by atoms with van der Waals surface area (Å²) in [6.45, 7) is 2.69. The van der Waals surface area contributed by atoms with Gasteiger partial charge in [0.1, 0.15) is 0 Å². The number of anilines is 3. The number of nitro groups is 1. The Morgan fingerprint density at radius 2 is 1.93 bits per heavy atom. The molecule has 1 saturated heterocycles. The number of carbonyl (C=O) groups is 1. The van der Waals surface area contributed by atoms with Gasteiger partial charge in [-0.05, 0) is 43.4 Å². The number of halogens is 1. The Labute approximate surface area is 177 Å². The molecule has 2 aromatic rings. The number of nitrogens with zero attached hydrogens (tertiary/aromatic N) is 4. The molecule has 1 aliphatic heterocycles. The molecule has 1 amide bonds. The fourth-order valence-corrected chi connectivity index (χ4v) is 3.60. The maximum absolute atomic E-state index is 11.9. The molecule has 1 aromatic heterocycles. The van der Waals surface area contributed by atoms with Crippen LogP contribution < -0.4 is 16.0 Å². The number of hydrogen-bond donors (Lipinski definition) is 2. The molecular formula is C18H21ClN6O3S. The molecule has 0 saturated carbocycles. The first-order chi connectivity index (χ1) is 13.7. The molecule has 0 atom stereocenters. The van der Waals surface area contributed by atoms with Crippen LogP contribution in [0, 0.1) is 15.5 Å². The molecule has 3 rings (SSSR count). The Kier molecular flexibility index (Phi) is 6.13. The second-order valence-electron chi connectivity index (χ2n) is 7.03. The van der Waals surface area contributed by atoms with E-state index in [0.29, 0.717) is 41.8 Å². The predicted octanol–water partition coefficient (Wildman–Crippen LogP) is 3.60. The first-order valence-corrected chi connectivity index (χ1v) is 10.5. The van der Waals surface area contributed by atoms with Crippen LogP contribution in [0.5, 0.6) is 0 Å². The van der Waals surface area contributed by atoms with Gasteiger partial charge in [-0.25, -0.2) is 0 Å². The second kappa shape index (κ2) is 8.42. The van der Waals surface area contributed by atoms with Crippen LogP contribution in [-0.4, -0.2) is 40.1 Å². The molecule has 0 aliphatic carbocycles. The van der Waals surface area contributed by atoms with Crippen molar-refractivity contribution in [3.8, 4) is 0 Å². The number of thioether (sulfide) groups is 1. The minimum Gasteiger partial charge on any atom is -0.369 e. The van der Waals surface area contributed by atoms with Gasteiger partial charge in [0, 0.05) is 29.2 Å². The lowest BCUT2D eigenvalue weighted by Gasteiger charge is -2.37. The quantitative estimate of drug-likeness (QED) is 0.304. The van der Waals surface area contributed by atoms with E-state index in [4.69, 9.17) is 17.3 Å². The lowest BCUT2D eigenvalue weighted by atomic mass is 9.80. The number of piperidine rings is 1. The van der Waals surface area contributed by atoms with E-state index in [0.717, 1.165) is 0 Å². The fourth-order valence-electron chi connectivity index (χ4n) is 3.12. The molecule has 0 bridgehead atoms. The van der Waals surface area contributed by atoms with E-state index in [1.807, 2.05) is 11.8 Å². The van der Waals surface area contributed by atoms with Crippen LogP contribution in [0.1, 0.15) is 19.8 Å². The largest absolute Gasteiger partial charge is 0.369 e. The summed E-state index contributed by atoms with van der Waals surface area (Å²) in [6, 6.07) is 6.79. The number of benzene rings is 1. The van der Waals surface area contributed by atoms with Gasteiger partial charge in [-0.1, -0.05) is 30.3 Å². The Bertz CT molecular complexity index is 932. The van der Waals surface area contributed by atoms with Crippen molar-refractivity contribution in [3.05, 3.63) is 39.4 Å². The van der Waals surface area contributed by atoms with Crippen LogP contribution in [-0.2, 0) is 4.79 Å². The monoisotopic (exact) mass is 436 g/mol. The average Bonchev–Trinajstić information content (AvgIpc) is 2.69. The van der Waals surface area contributed by atoms with Crippen molar-refractivity contribution in [2.75, 3.05) is 29.6 Å². The summed E-state index contributed by atoms with van der Waals surface area (Å²) in [7, 11) is 0. The summed E-state index contributed by atoms with van der Waals surface area (Å²) in [5.41, 5.74) is 5.31. The van der Waals surface area contributed by atoms with Crippen molar-refractivity contribution in [2.24, 2.45) is 11.1 Å². The third kappa shape index (κ3) is 4.54. The van der Waals surface area contributed by atoms with E-state index in [1.54, 1.807) is 30.5 Å². The summed E-state index contributed by atoms with van der Waals surface area (Å²) >= 11 is 7.20. The summed E-state index contributed by atoms with van der Waals surface area (Å²) in [5.74, 6) is -0.0172. The highest BCUT2D eigenvalue weighted by atomic mass is 35.5. The molecule has 2 heterocycles. The first-order valence-electron chi connectivity index (χ1n) is 8.91. The second-order valence-corrected chi connectivity index (χ2v) is 8.24. The fraction of sp³-hybridized carbons (Fsp3) is 0.389. The lowest BCUT2D eigenvalue weighted by Crippen LogP contribution is -2.45. The summed E-state index contributed by atoms with van der Waals surface area (Å²) in [5, 5.41) is 15.9. The van der Waals surface area contributed by atoms with Crippen molar-refractivity contribution >= 4 is 52.3 Å². The van der Waals surface area contributed by atoms with Gasteiger partial charge in [-0.3, -0.25) is 14.9 Å². The van der Waals surface area contributed by atoms with E-state index in [2.05, 4.69) is 15.3 Å². The van der Waals surface area contributed by atoms with Crippen LogP contribution in [0.25, 0.3) is 0 Å². The van der Waals surface area contributed by atoms with Gasteiger partial charge in [0.05, 0.1) is 4.92 Å². The van der Waals surface area contributed by atoms with Crippen molar-refractivity contribution in [3.63, 3.8) is 0 Å². The molecule has 3 N–H and O–H groups in total. The first kappa shape index (κ1) is 21.1. The average molecular weight is 437 g/mol. The number of rotatable bonds is 6. The van der Waals surface area contributed by atoms with Crippen LogP contribution in [0.15, 0.2) is 29.4 Å². The standard InChI is InChI=1S/C18H21ClN6O3S/c1-18(16(20)26)7-9-24(10-8-18)15-13(25(27)28)14(22-17(23-15)29-2)21-12-5-3-11(19)4-6-12/h3-6H,7-10H2,1-2H3,(H2,20,26)(H,21,22,23). The highest BCUT2D eigenvalue weighted by molar-refractivity contribution is 7.98. The zero-order chi connectivity index (χ0) is 21.2. The van der Waals surface area contributed by atoms with Crippen molar-refractivity contribution < 1.29 is 9.72 Å². The summed E-state index contributed by atoms with van der Waals surface area (Å²) in [4.78, 5) is 33.7. The Morgan fingerprint density at radius 3 is 2.45 bits per heavy atom. The number of nitrogens with one attached hydrogen (secondary N) is 1. The number of carbonyl (C=O) groups excluding carboxylic acids is 1. The molecule has 1 fully saturated rings. The van der Waals surface area contributed by atoms with E-state index in [1.165, 1.54) is 11.8 Å². The summed E-state index contributed by atoms with van der Waals surface area (Å²) < 4.78 is 0. The molecule has 1 aromatic carbocycles. The Hall–Kier alpha value is -2.59. The van der Waals surface area contributed by atoms with Crippen LogP contribution >= 0.6 is 23.4 Å². The molecule has 11 heteroatoms. The van der Waals surface area contributed by atoms with Gasteiger partial charge in [0.25, 0.3) is 0 Å². The van der Waals surface area contributed by atoms with Crippen molar-refractivity contribution in [1.82, 2.24) is 9.97 Å². The van der Waals surface area contributed by atoms with Gasteiger partial charge in [0.15, 0.2) is 5.16 Å². The van der Waals surface area contributed by atoms with Crippen LogP contribution in [0.3, 0.4) is 0 Å². The molecule has 0 unspecified atom stereocenters. The van der Waals surface area contributed by atoms with Crippen LogP contribution in [0.4, 0.5) is 23.0 Å². The molecule has 29 heavy (non-hydrogen) atoms. The Morgan fingerprint density at radius 1 is 1.31 bits per heavy atom.